The van der Waals surface area contributed by atoms with Gasteiger partial charge in [0.05, 0.1) is 0 Å². The Hall–Kier alpha value is -0.780. The Labute approximate surface area is 139 Å². The standard InChI is InChI=1S/C22H37/c1-3-5-7-9-10-11-12-14-16-22-19-17-21(18-20-22)15-13-8-6-4-2/h15,17-20H,3-14,16H2,1-2H3. The van der Waals surface area contributed by atoms with Crippen molar-refractivity contribution < 1.29 is 0 Å². The van der Waals surface area contributed by atoms with Crippen LogP contribution in [0.25, 0.3) is 0 Å². The Morgan fingerprint density at radius 1 is 0.636 bits per heavy atom. The maximum absolute atomic E-state index is 2.38. The maximum Gasteiger partial charge on any atom is -0.00931 e. The number of rotatable bonds is 14. The second kappa shape index (κ2) is 13.9. The molecule has 0 heterocycles. The lowest BCUT2D eigenvalue weighted by molar-refractivity contribution is 0.575. The van der Waals surface area contributed by atoms with E-state index in [9.17, 15) is 0 Å². The van der Waals surface area contributed by atoms with Gasteiger partial charge in [0, 0.05) is 0 Å². The summed E-state index contributed by atoms with van der Waals surface area (Å²) >= 11 is 0. The van der Waals surface area contributed by atoms with E-state index in [1.54, 1.807) is 0 Å². The lowest BCUT2D eigenvalue weighted by atomic mass is 10.0. The van der Waals surface area contributed by atoms with Crippen LogP contribution in [0, 0.1) is 6.42 Å². The first-order valence-corrected chi connectivity index (χ1v) is 9.79. The van der Waals surface area contributed by atoms with Gasteiger partial charge in [-0.2, -0.15) is 0 Å². The van der Waals surface area contributed by atoms with E-state index in [1.165, 1.54) is 94.6 Å². The molecule has 0 atom stereocenters. The highest BCUT2D eigenvalue weighted by Gasteiger charge is 1.97. The second-order valence-electron chi connectivity index (χ2n) is 6.67. The molecule has 0 aromatic heterocycles. The molecule has 0 spiro atoms. The van der Waals surface area contributed by atoms with Crippen LogP contribution in [0.4, 0.5) is 0 Å². The SMILES string of the molecule is CCCCC[CH]c1ccc(CCCCCCCCCC)cc1. The van der Waals surface area contributed by atoms with E-state index in [0.717, 1.165) is 0 Å². The zero-order chi connectivity index (χ0) is 15.9. The molecule has 0 heteroatoms. The molecule has 0 fully saturated rings. The number of benzene rings is 1. The van der Waals surface area contributed by atoms with Crippen LogP contribution in [0.5, 0.6) is 0 Å². The van der Waals surface area contributed by atoms with Gasteiger partial charge in [0.25, 0.3) is 0 Å². The molecule has 125 valence electrons. The molecule has 0 aliphatic carbocycles. The molecule has 0 saturated carbocycles. The molecule has 0 N–H and O–H groups in total. The quantitative estimate of drug-likeness (QED) is 0.312. The minimum absolute atomic E-state index is 1.23. The monoisotopic (exact) mass is 301 g/mol. The van der Waals surface area contributed by atoms with Gasteiger partial charge in [-0.3, -0.25) is 0 Å². The number of unbranched alkanes of at least 4 members (excludes halogenated alkanes) is 10. The molecular weight excluding hydrogens is 264 g/mol. The van der Waals surface area contributed by atoms with Crippen molar-refractivity contribution in [2.24, 2.45) is 0 Å². The number of hydrogen-bond acceptors (Lipinski definition) is 0. The Balaban J connectivity index is 2.04. The fourth-order valence-electron chi connectivity index (χ4n) is 2.95. The molecule has 1 aromatic carbocycles. The average Bonchev–Trinajstić information content (AvgIpc) is 2.55. The first kappa shape index (κ1) is 19.3. The van der Waals surface area contributed by atoms with Gasteiger partial charge in [0.1, 0.15) is 0 Å². The smallest absolute Gasteiger partial charge is 0.00931 e. The largest absolute Gasteiger partial charge is 0.0654 e. The molecule has 1 radical (unpaired) electrons. The summed E-state index contributed by atoms with van der Waals surface area (Å²) in [7, 11) is 0. The number of hydrogen-bond donors (Lipinski definition) is 0. The van der Waals surface area contributed by atoms with Crippen LogP contribution in [0.3, 0.4) is 0 Å². The third-order valence-corrected chi connectivity index (χ3v) is 4.49. The van der Waals surface area contributed by atoms with Gasteiger partial charge < -0.3 is 0 Å². The summed E-state index contributed by atoms with van der Waals surface area (Å²) in [6.07, 6.45) is 20.1. The summed E-state index contributed by atoms with van der Waals surface area (Å²) < 4.78 is 0. The van der Waals surface area contributed by atoms with E-state index in [4.69, 9.17) is 0 Å². The lowest BCUT2D eigenvalue weighted by Gasteiger charge is -2.05. The predicted octanol–water partition coefficient (Wildman–Crippen LogP) is 7.50. The van der Waals surface area contributed by atoms with E-state index in [2.05, 4.69) is 44.5 Å². The average molecular weight is 302 g/mol. The fourth-order valence-corrected chi connectivity index (χ4v) is 2.95. The van der Waals surface area contributed by atoms with Gasteiger partial charge in [0.2, 0.25) is 0 Å². The van der Waals surface area contributed by atoms with Crippen LogP contribution < -0.4 is 0 Å². The van der Waals surface area contributed by atoms with Gasteiger partial charge in [-0.1, -0.05) is 102 Å². The van der Waals surface area contributed by atoms with Gasteiger partial charge >= 0.3 is 0 Å². The van der Waals surface area contributed by atoms with Crippen LogP contribution in [0.15, 0.2) is 24.3 Å². The van der Waals surface area contributed by atoms with Crippen molar-refractivity contribution in [1.82, 2.24) is 0 Å². The van der Waals surface area contributed by atoms with Crippen LogP contribution in [0.1, 0.15) is 102 Å². The zero-order valence-electron chi connectivity index (χ0n) is 15.1. The zero-order valence-corrected chi connectivity index (χ0v) is 15.1. The second-order valence-corrected chi connectivity index (χ2v) is 6.67. The van der Waals surface area contributed by atoms with E-state index in [0.29, 0.717) is 0 Å². The van der Waals surface area contributed by atoms with Crippen molar-refractivity contribution in [3.05, 3.63) is 41.8 Å². The van der Waals surface area contributed by atoms with Crippen molar-refractivity contribution in [3.8, 4) is 0 Å². The summed E-state index contributed by atoms with van der Waals surface area (Å²) in [6.45, 7) is 4.55. The molecule has 0 unspecified atom stereocenters. The fraction of sp³-hybridized carbons (Fsp3) is 0.682. The Morgan fingerprint density at radius 3 is 1.82 bits per heavy atom. The van der Waals surface area contributed by atoms with Crippen LogP contribution in [-0.2, 0) is 6.42 Å². The maximum atomic E-state index is 2.38. The van der Waals surface area contributed by atoms with Crippen LogP contribution in [-0.4, -0.2) is 0 Å². The van der Waals surface area contributed by atoms with E-state index in [-0.39, 0.29) is 0 Å². The van der Waals surface area contributed by atoms with E-state index < -0.39 is 0 Å². The summed E-state index contributed by atoms with van der Waals surface area (Å²) in [6, 6.07) is 9.25. The molecule has 0 nitrogen and oxygen atoms in total. The van der Waals surface area contributed by atoms with Gasteiger partial charge in [-0.05, 0) is 36.8 Å². The summed E-state index contributed by atoms with van der Waals surface area (Å²) in [4.78, 5) is 0. The third kappa shape index (κ3) is 10.0. The molecule has 0 amide bonds. The van der Waals surface area contributed by atoms with Gasteiger partial charge in [-0.15, -0.1) is 0 Å². The lowest BCUT2D eigenvalue weighted by Crippen LogP contribution is -1.88. The van der Waals surface area contributed by atoms with Crippen molar-refractivity contribution in [2.45, 2.75) is 97.3 Å². The molecule has 0 aliphatic heterocycles. The van der Waals surface area contributed by atoms with E-state index in [1.807, 2.05) is 0 Å². The highest BCUT2D eigenvalue weighted by atomic mass is 14.0. The molecule has 1 rings (SSSR count). The van der Waals surface area contributed by atoms with Crippen LogP contribution in [0.2, 0.25) is 0 Å². The van der Waals surface area contributed by atoms with Crippen molar-refractivity contribution in [2.75, 3.05) is 0 Å². The summed E-state index contributed by atoms with van der Waals surface area (Å²) in [5, 5.41) is 0. The minimum Gasteiger partial charge on any atom is -0.0654 e. The Kier molecular flexibility index (Phi) is 12.1. The van der Waals surface area contributed by atoms with E-state index >= 15 is 0 Å². The Morgan fingerprint density at radius 2 is 1.18 bits per heavy atom. The highest BCUT2D eigenvalue weighted by Crippen LogP contribution is 2.14. The molecule has 1 aromatic rings. The molecule has 0 bridgehead atoms. The predicted molar refractivity (Wildman–Crippen MR) is 100 cm³/mol. The molecule has 0 aliphatic rings. The summed E-state index contributed by atoms with van der Waals surface area (Å²) in [5.74, 6) is 0. The first-order chi connectivity index (χ1) is 10.9. The highest BCUT2D eigenvalue weighted by molar-refractivity contribution is 5.27. The first-order valence-electron chi connectivity index (χ1n) is 9.79. The van der Waals surface area contributed by atoms with Crippen molar-refractivity contribution >= 4 is 0 Å². The normalized spacial score (nSPS) is 11.0. The molecule has 22 heavy (non-hydrogen) atoms. The molecular formula is C22H37. The minimum atomic E-state index is 1.23. The van der Waals surface area contributed by atoms with Gasteiger partial charge in [0.15, 0.2) is 0 Å². The van der Waals surface area contributed by atoms with Crippen LogP contribution >= 0.6 is 0 Å². The Bertz CT molecular complexity index is 336. The van der Waals surface area contributed by atoms with Crippen molar-refractivity contribution in [1.29, 1.82) is 0 Å². The summed E-state index contributed by atoms with van der Waals surface area (Å²) in [5.41, 5.74) is 2.91. The number of aryl methyl sites for hydroxylation is 1. The molecule has 0 saturated heterocycles. The van der Waals surface area contributed by atoms with Gasteiger partial charge in [-0.25, -0.2) is 0 Å². The topological polar surface area (TPSA) is 0 Å². The third-order valence-electron chi connectivity index (χ3n) is 4.49. The van der Waals surface area contributed by atoms with Crippen molar-refractivity contribution in [3.63, 3.8) is 0 Å².